The fourth-order valence-electron chi connectivity index (χ4n) is 2.38. The number of aliphatic hydroxyl groups is 1. The van der Waals surface area contributed by atoms with Crippen LogP contribution in [0.5, 0.6) is 5.75 Å². The van der Waals surface area contributed by atoms with Crippen molar-refractivity contribution in [3.8, 4) is 5.75 Å². The zero-order valence-electron chi connectivity index (χ0n) is 12.2. The molecule has 1 aromatic rings. The molecule has 1 amide bonds. The summed E-state index contributed by atoms with van der Waals surface area (Å²) < 4.78 is 32.1. The summed E-state index contributed by atoms with van der Waals surface area (Å²) in [6.45, 7) is 4.53. The third-order valence-electron chi connectivity index (χ3n) is 3.56. The Morgan fingerprint density at radius 2 is 2.23 bits per heavy atom. The van der Waals surface area contributed by atoms with Gasteiger partial charge in [-0.05, 0) is 25.0 Å². The smallest absolute Gasteiger partial charge is 0.249 e. The van der Waals surface area contributed by atoms with Crippen molar-refractivity contribution in [3.05, 3.63) is 42.0 Å². The van der Waals surface area contributed by atoms with E-state index in [-0.39, 0.29) is 24.4 Å². The van der Waals surface area contributed by atoms with Gasteiger partial charge in [0.05, 0.1) is 6.54 Å². The van der Waals surface area contributed by atoms with E-state index in [1.807, 2.05) is 0 Å². The van der Waals surface area contributed by atoms with Crippen LogP contribution in [0.1, 0.15) is 19.3 Å². The van der Waals surface area contributed by atoms with Crippen molar-refractivity contribution < 1.29 is 23.4 Å². The average molecular weight is 311 g/mol. The molecule has 0 spiro atoms. The number of carbonyl (C=O) groups is 1. The summed E-state index contributed by atoms with van der Waals surface area (Å²) in [4.78, 5) is 13.7. The number of hydrogen-bond donors (Lipinski definition) is 1. The van der Waals surface area contributed by atoms with Gasteiger partial charge in [-0.15, -0.1) is 0 Å². The van der Waals surface area contributed by atoms with Crippen molar-refractivity contribution in [2.45, 2.75) is 25.4 Å². The molecule has 6 heteroatoms. The molecule has 1 aliphatic heterocycles. The lowest BCUT2D eigenvalue weighted by atomic mass is 10.1. The molecule has 1 N–H and O–H groups in total. The molecule has 22 heavy (non-hydrogen) atoms. The summed E-state index contributed by atoms with van der Waals surface area (Å²) in [7, 11) is 0. The van der Waals surface area contributed by atoms with Crippen LogP contribution in [0.2, 0.25) is 0 Å². The molecule has 1 unspecified atom stereocenters. The Morgan fingerprint density at radius 1 is 1.45 bits per heavy atom. The zero-order chi connectivity index (χ0) is 16.1. The van der Waals surface area contributed by atoms with Gasteiger partial charge >= 0.3 is 0 Å². The molecule has 2 rings (SSSR count). The predicted molar refractivity (Wildman–Crippen MR) is 77.4 cm³/mol. The second-order valence-corrected chi connectivity index (χ2v) is 5.29. The largest absolute Gasteiger partial charge is 0.485 e. The van der Waals surface area contributed by atoms with Crippen LogP contribution >= 0.6 is 0 Å². The van der Waals surface area contributed by atoms with Crippen LogP contribution in [-0.2, 0) is 4.79 Å². The number of rotatable bonds is 6. The van der Waals surface area contributed by atoms with Crippen LogP contribution in [-0.4, -0.2) is 41.7 Å². The Kier molecular flexibility index (Phi) is 5.49. The maximum Gasteiger partial charge on any atom is 0.249 e. The monoisotopic (exact) mass is 311 g/mol. The number of hydrogen-bond acceptors (Lipinski definition) is 3. The van der Waals surface area contributed by atoms with Gasteiger partial charge in [-0.25, -0.2) is 8.78 Å². The fraction of sp³-hybridized carbons (Fsp3) is 0.438. The highest BCUT2D eigenvalue weighted by Crippen LogP contribution is 2.23. The van der Waals surface area contributed by atoms with Crippen LogP contribution in [0.25, 0.3) is 0 Å². The van der Waals surface area contributed by atoms with E-state index in [1.54, 1.807) is 4.90 Å². The molecule has 1 heterocycles. The molecular formula is C16H19F2NO3. The van der Waals surface area contributed by atoms with E-state index in [1.165, 1.54) is 0 Å². The van der Waals surface area contributed by atoms with Gasteiger partial charge in [0, 0.05) is 31.2 Å². The first-order valence-corrected chi connectivity index (χ1v) is 7.21. The van der Waals surface area contributed by atoms with Gasteiger partial charge in [0.25, 0.3) is 0 Å². The average Bonchev–Trinajstić information content (AvgIpc) is 2.96. The van der Waals surface area contributed by atoms with Crippen molar-refractivity contribution in [3.63, 3.8) is 0 Å². The lowest BCUT2D eigenvalue weighted by Gasteiger charge is -2.18. The number of amides is 1. The molecule has 1 fully saturated rings. The second-order valence-electron chi connectivity index (χ2n) is 5.29. The van der Waals surface area contributed by atoms with Gasteiger partial charge in [-0.2, -0.15) is 0 Å². The van der Waals surface area contributed by atoms with Crippen molar-refractivity contribution >= 4 is 5.91 Å². The van der Waals surface area contributed by atoms with E-state index in [0.29, 0.717) is 37.9 Å². The first-order chi connectivity index (χ1) is 10.5. The topological polar surface area (TPSA) is 49.8 Å². The molecule has 1 aromatic carbocycles. The molecular weight excluding hydrogens is 292 g/mol. The standard InChI is InChI=1S/C16H19F2NO3/c1-11(3-2-8-20)16(21)19-7-6-13(10-19)22-15-9-12(17)4-5-14(15)18/h4-5,9,13,20H,1-3,6-8,10H2. The van der Waals surface area contributed by atoms with Crippen molar-refractivity contribution in [2.75, 3.05) is 19.7 Å². The Balaban J connectivity index is 1.91. The van der Waals surface area contributed by atoms with E-state index < -0.39 is 11.6 Å². The minimum Gasteiger partial charge on any atom is -0.485 e. The number of halogens is 2. The summed E-state index contributed by atoms with van der Waals surface area (Å²) in [6, 6.07) is 3.04. The lowest BCUT2D eigenvalue weighted by molar-refractivity contribution is -0.126. The van der Waals surface area contributed by atoms with Crippen LogP contribution < -0.4 is 4.74 Å². The Morgan fingerprint density at radius 3 is 2.95 bits per heavy atom. The van der Waals surface area contributed by atoms with E-state index in [9.17, 15) is 13.6 Å². The lowest BCUT2D eigenvalue weighted by Crippen LogP contribution is -2.31. The van der Waals surface area contributed by atoms with E-state index in [2.05, 4.69) is 6.58 Å². The fourth-order valence-corrected chi connectivity index (χ4v) is 2.38. The molecule has 0 bridgehead atoms. The SMILES string of the molecule is C=C(CCCO)C(=O)N1CCC(Oc2cc(F)ccc2F)C1. The first kappa shape index (κ1) is 16.4. The van der Waals surface area contributed by atoms with Crippen molar-refractivity contribution in [2.24, 2.45) is 0 Å². The normalized spacial score (nSPS) is 17.6. The van der Waals surface area contributed by atoms with E-state index in [4.69, 9.17) is 9.84 Å². The summed E-state index contributed by atoms with van der Waals surface area (Å²) >= 11 is 0. The molecule has 4 nitrogen and oxygen atoms in total. The van der Waals surface area contributed by atoms with Crippen LogP contribution in [0.3, 0.4) is 0 Å². The van der Waals surface area contributed by atoms with Crippen LogP contribution in [0.4, 0.5) is 8.78 Å². The quantitative estimate of drug-likeness (QED) is 0.820. The molecule has 0 aliphatic carbocycles. The zero-order valence-corrected chi connectivity index (χ0v) is 12.2. The predicted octanol–water partition coefficient (Wildman–Crippen LogP) is 2.27. The molecule has 0 saturated carbocycles. The number of carbonyl (C=O) groups excluding carboxylic acids is 1. The van der Waals surface area contributed by atoms with Crippen LogP contribution in [0, 0.1) is 11.6 Å². The number of ether oxygens (including phenoxy) is 1. The molecule has 1 saturated heterocycles. The van der Waals surface area contributed by atoms with Gasteiger partial charge in [0.1, 0.15) is 11.9 Å². The molecule has 1 atom stereocenters. The van der Waals surface area contributed by atoms with Gasteiger partial charge < -0.3 is 14.7 Å². The van der Waals surface area contributed by atoms with Gasteiger partial charge in [0.15, 0.2) is 11.6 Å². The molecule has 1 aliphatic rings. The van der Waals surface area contributed by atoms with Crippen molar-refractivity contribution in [1.29, 1.82) is 0 Å². The minimum absolute atomic E-state index is 0.0108. The van der Waals surface area contributed by atoms with Gasteiger partial charge in [0.2, 0.25) is 5.91 Å². The third-order valence-corrected chi connectivity index (χ3v) is 3.56. The maximum absolute atomic E-state index is 13.5. The molecule has 0 aromatic heterocycles. The number of benzene rings is 1. The van der Waals surface area contributed by atoms with E-state index >= 15 is 0 Å². The maximum atomic E-state index is 13.5. The second kappa shape index (κ2) is 7.35. The third kappa shape index (κ3) is 4.04. The number of likely N-dealkylation sites (tertiary alicyclic amines) is 1. The highest BCUT2D eigenvalue weighted by atomic mass is 19.1. The highest BCUT2D eigenvalue weighted by Gasteiger charge is 2.29. The molecule has 0 radical (unpaired) electrons. The highest BCUT2D eigenvalue weighted by molar-refractivity contribution is 5.92. The summed E-state index contributed by atoms with van der Waals surface area (Å²) in [6.07, 6.45) is 1.11. The van der Waals surface area contributed by atoms with Crippen molar-refractivity contribution in [1.82, 2.24) is 4.90 Å². The Bertz CT molecular complexity index is 562. The summed E-state index contributed by atoms with van der Waals surface area (Å²) in [5, 5.41) is 8.76. The van der Waals surface area contributed by atoms with Gasteiger partial charge in [-0.3, -0.25) is 4.79 Å². The summed E-state index contributed by atoms with van der Waals surface area (Å²) in [5.41, 5.74) is 0.437. The number of aliphatic hydroxyl groups excluding tert-OH is 1. The van der Waals surface area contributed by atoms with Crippen LogP contribution in [0.15, 0.2) is 30.4 Å². The van der Waals surface area contributed by atoms with Gasteiger partial charge in [-0.1, -0.05) is 6.58 Å². The van der Waals surface area contributed by atoms with E-state index in [0.717, 1.165) is 18.2 Å². The Labute approximate surface area is 128 Å². The number of nitrogens with zero attached hydrogens (tertiary/aromatic N) is 1. The first-order valence-electron chi connectivity index (χ1n) is 7.21. The Hall–Kier alpha value is -1.95. The molecule has 120 valence electrons. The summed E-state index contributed by atoms with van der Waals surface area (Å²) in [5.74, 6) is -1.52. The minimum atomic E-state index is -0.626.